The van der Waals surface area contributed by atoms with E-state index in [1.54, 1.807) is 0 Å². The Morgan fingerprint density at radius 2 is 2.19 bits per heavy atom. The summed E-state index contributed by atoms with van der Waals surface area (Å²) in [5.74, 6) is 1.93. The van der Waals surface area contributed by atoms with E-state index < -0.39 is 0 Å². The van der Waals surface area contributed by atoms with Crippen molar-refractivity contribution in [3.8, 4) is 0 Å². The van der Waals surface area contributed by atoms with Gasteiger partial charge < -0.3 is 20.1 Å². The maximum Gasteiger partial charge on any atom is 0.318 e. The van der Waals surface area contributed by atoms with Gasteiger partial charge in [-0.05, 0) is 33.1 Å². The zero-order chi connectivity index (χ0) is 14.8. The smallest absolute Gasteiger partial charge is 0.318 e. The third kappa shape index (κ3) is 2.88. The molecule has 0 saturated carbocycles. The summed E-state index contributed by atoms with van der Waals surface area (Å²) in [6.07, 6.45) is 3.16. The van der Waals surface area contributed by atoms with Crippen LogP contribution < -0.4 is 10.6 Å². The Hall–Kier alpha value is -1.63. The molecule has 7 nitrogen and oxygen atoms in total. The van der Waals surface area contributed by atoms with Crippen LogP contribution in [0.2, 0.25) is 0 Å². The predicted octanol–water partition coefficient (Wildman–Crippen LogP) is 1.03. The second-order valence-corrected chi connectivity index (χ2v) is 6.11. The van der Waals surface area contributed by atoms with Gasteiger partial charge in [0.15, 0.2) is 5.82 Å². The van der Waals surface area contributed by atoms with E-state index in [0.29, 0.717) is 0 Å². The van der Waals surface area contributed by atoms with Gasteiger partial charge >= 0.3 is 6.03 Å². The molecule has 116 valence electrons. The Kier molecular flexibility index (Phi) is 4.10. The lowest BCUT2D eigenvalue weighted by molar-refractivity contribution is 0.143. The number of amides is 2. The first-order valence-corrected chi connectivity index (χ1v) is 7.86. The third-order valence-electron chi connectivity index (χ3n) is 4.13. The summed E-state index contributed by atoms with van der Waals surface area (Å²) < 4.78 is 2.18. The number of hydrogen-bond donors (Lipinski definition) is 2. The van der Waals surface area contributed by atoms with Crippen molar-refractivity contribution in [2.24, 2.45) is 0 Å². The van der Waals surface area contributed by atoms with Gasteiger partial charge in [-0.15, -0.1) is 10.2 Å². The monoisotopic (exact) mass is 292 g/mol. The number of aromatic nitrogens is 3. The first-order valence-electron chi connectivity index (χ1n) is 7.86. The number of likely N-dealkylation sites (tertiary alicyclic amines) is 1. The molecule has 7 heteroatoms. The molecule has 1 aromatic heterocycles. The molecule has 2 aliphatic rings. The molecule has 0 aromatic carbocycles. The first kappa shape index (κ1) is 14.3. The van der Waals surface area contributed by atoms with E-state index in [2.05, 4.69) is 25.4 Å². The average molecular weight is 292 g/mol. The lowest BCUT2D eigenvalue weighted by Crippen LogP contribution is -2.47. The number of nitrogens with zero attached hydrogens (tertiary/aromatic N) is 4. The Morgan fingerprint density at radius 3 is 3.00 bits per heavy atom. The molecule has 0 radical (unpaired) electrons. The second-order valence-electron chi connectivity index (χ2n) is 6.11. The summed E-state index contributed by atoms with van der Waals surface area (Å²) in [7, 11) is 0. The number of carbonyl (C=O) groups excluding carboxylic acids is 1. The van der Waals surface area contributed by atoms with E-state index in [1.165, 1.54) is 0 Å². The van der Waals surface area contributed by atoms with E-state index in [0.717, 1.165) is 57.1 Å². The summed E-state index contributed by atoms with van der Waals surface area (Å²) in [6, 6.07) is 0.217. The maximum absolute atomic E-state index is 12.4. The van der Waals surface area contributed by atoms with Crippen molar-refractivity contribution in [2.75, 3.05) is 13.1 Å². The Morgan fingerprint density at radius 1 is 1.33 bits per heavy atom. The van der Waals surface area contributed by atoms with Crippen molar-refractivity contribution in [2.45, 2.75) is 58.3 Å². The normalized spacial score (nSPS) is 22.2. The van der Waals surface area contributed by atoms with Crippen molar-refractivity contribution in [1.82, 2.24) is 30.3 Å². The van der Waals surface area contributed by atoms with Gasteiger partial charge in [-0.2, -0.15) is 0 Å². The predicted molar refractivity (Wildman–Crippen MR) is 78.7 cm³/mol. The fraction of sp³-hybridized carbons (Fsp3) is 0.786. The molecule has 1 atom stereocenters. The van der Waals surface area contributed by atoms with Gasteiger partial charge in [0.05, 0.1) is 12.6 Å². The van der Waals surface area contributed by atoms with Crippen LogP contribution in [0.1, 0.15) is 50.8 Å². The molecule has 2 amide bonds. The number of fused-ring (bicyclic) bond motifs is 1. The zero-order valence-corrected chi connectivity index (χ0v) is 12.8. The summed E-state index contributed by atoms with van der Waals surface area (Å²) in [6.45, 7) is 7.35. The van der Waals surface area contributed by atoms with Crippen LogP contribution in [0.4, 0.5) is 4.79 Å². The highest BCUT2D eigenvalue weighted by molar-refractivity contribution is 5.75. The van der Waals surface area contributed by atoms with Crippen molar-refractivity contribution in [1.29, 1.82) is 0 Å². The highest BCUT2D eigenvalue weighted by atomic mass is 16.2. The van der Waals surface area contributed by atoms with Crippen LogP contribution in [0.15, 0.2) is 0 Å². The number of nitrogens with one attached hydrogen (secondary N) is 2. The number of piperidine rings is 1. The molecule has 3 rings (SSSR count). The largest absolute Gasteiger partial charge is 0.336 e. The molecule has 2 aliphatic heterocycles. The highest BCUT2D eigenvalue weighted by Gasteiger charge is 2.33. The molecule has 2 N–H and O–H groups in total. The number of hydrogen-bond acceptors (Lipinski definition) is 4. The van der Waals surface area contributed by atoms with Crippen molar-refractivity contribution in [3.05, 3.63) is 11.6 Å². The molecular weight excluding hydrogens is 268 g/mol. The number of rotatable bonds is 2. The van der Waals surface area contributed by atoms with E-state index in [9.17, 15) is 4.79 Å². The van der Waals surface area contributed by atoms with Crippen LogP contribution in [-0.4, -0.2) is 44.8 Å². The Labute approximate surface area is 125 Å². The maximum atomic E-state index is 12.4. The Balaban J connectivity index is 1.84. The fourth-order valence-electron chi connectivity index (χ4n) is 3.13. The van der Waals surface area contributed by atoms with Crippen LogP contribution in [0.5, 0.6) is 0 Å². The van der Waals surface area contributed by atoms with Crippen LogP contribution in [0.3, 0.4) is 0 Å². The third-order valence-corrected chi connectivity index (χ3v) is 4.13. The van der Waals surface area contributed by atoms with E-state index >= 15 is 0 Å². The van der Waals surface area contributed by atoms with Gasteiger partial charge in [-0.1, -0.05) is 0 Å². The van der Waals surface area contributed by atoms with E-state index in [1.807, 2.05) is 18.7 Å². The molecule has 1 unspecified atom stereocenters. The minimum absolute atomic E-state index is 0.0148. The molecular formula is C14H24N6O. The summed E-state index contributed by atoms with van der Waals surface area (Å²) >= 11 is 0. The van der Waals surface area contributed by atoms with Crippen LogP contribution >= 0.6 is 0 Å². The molecule has 0 aliphatic carbocycles. The standard InChI is InChI=1S/C14H24N6O/c1-10(2)16-14(21)19-7-4-3-5-11(19)13-18-17-12-9-15-6-8-20(12)13/h10-11,15H,3-9H2,1-2H3,(H,16,21). The van der Waals surface area contributed by atoms with Gasteiger partial charge in [0.25, 0.3) is 0 Å². The molecule has 21 heavy (non-hydrogen) atoms. The van der Waals surface area contributed by atoms with Crippen molar-refractivity contribution in [3.63, 3.8) is 0 Å². The van der Waals surface area contributed by atoms with Gasteiger partial charge in [-0.3, -0.25) is 0 Å². The Bertz CT molecular complexity index is 512. The van der Waals surface area contributed by atoms with E-state index in [4.69, 9.17) is 0 Å². The highest BCUT2D eigenvalue weighted by Crippen LogP contribution is 2.30. The number of carbonyl (C=O) groups is 1. The van der Waals surface area contributed by atoms with Crippen molar-refractivity contribution >= 4 is 6.03 Å². The van der Waals surface area contributed by atoms with E-state index in [-0.39, 0.29) is 18.1 Å². The van der Waals surface area contributed by atoms with Gasteiger partial charge in [0.1, 0.15) is 5.82 Å². The molecule has 0 bridgehead atoms. The topological polar surface area (TPSA) is 75.1 Å². The van der Waals surface area contributed by atoms with Crippen LogP contribution in [-0.2, 0) is 13.1 Å². The van der Waals surface area contributed by atoms with Crippen LogP contribution in [0.25, 0.3) is 0 Å². The number of urea groups is 1. The lowest BCUT2D eigenvalue weighted by Gasteiger charge is -2.36. The minimum atomic E-state index is 0.0148. The fourth-order valence-corrected chi connectivity index (χ4v) is 3.13. The van der Waals surface area contributed by atoms with Crippen molar-refractivity contribution < 1.29 is 4.79 Å². The molecule has 1 aromatic rings. The van der Waals surface area contributed by atoms with Gasteiger partial charge in [0, 0.05) is 25.7 Å². The first-order chi connectivity index (χ1) is 10.2. The lowest BCUT2D eigenvalue weighted by atomic mass is 10.0. The van der Waals surface area contributed by atoms with Gasteiger partial charge in [-0.25, -0.2) is 4.79 Å². The molecule has 3 heterocycles. The van der Waals surface area contributed by atoms with Crippen LogP contribution in [0, 0.1) is 0 Å². The molecule has 0 spiro atoms. The zero-order valence-electron chi connectivity index (χ0n) is 12.8. The quantitative estimate of drug-likeness (QED) is 0.853. The summed E-state index contributed by atoms with van der Waals surface area (Å²) in [5, 5.41) is 15.0. The molecule has 1 saturated heterocycles. The minimum Gasteiger partial charge on any atom is -0.336 e. The summed E-state index contributed by atoms with van der Waals surface area (Å²) in [4.78, 5) is 14.4. The SMILES string of the molecule is CC(C)NC(=O)N1CCCCC1c1nnc2n1CCNC2. The summed E-state index contributed by atoms with van der Waals surface area (Å²) in [5.41, 5.74) is 0. The average Bonchev–Trinajstić information content (AvgIpc) is 2.90. The van der Waals surface area contributed by atoms with Gasteiger partial charge in [0.2, 0.25) is 0 Å². The second kappa shape index (κ2) is 6.01. The molecule has 1 fully saturated rings.